The zero-order valence-electron chi connectivity index (χ0n) is 12.4. The summed E-state index contributed by atoms with van der Waals surface area (Å²) >= 11 is 0. The molecular weight excluding hydrogens is 252 g/mol. The molecule has 0 amide bonds. The largest absolute Gasteiger partial charge is 0.382 e. The number of nitrogens with zero attached hydrogens (tertiary/aromatic N) is 2. The van der Waals surface area contributed by atoms with Crippen molar-refractivity contribution in [2.75, 3.05) is 7.11 Å². The van der Waals surface area contributed by atoms with Crippen molar-refractivity contribution in [3.63, 3.8) is 0 Å². The number of hydrogen-bond donors (Lipinski definition) is 0. The van der Waals surface area contributed by atoms with Gasteiger partial charge in [-0.15, -0.1) is 0 Å². The number of Topliss-reactive ketones (excluding diaryl/α,β-unsaturated/α-hetero) is 1. The molecule has 0 saturated carbocycles. The molecule has 108 valence electrons. The van der Waals surface area contributed by atoms with Crippen LogP contribution in [-0.4, -0.2) is 28.8 Å². The minimum absolute atomic E-state index is 0.129. The third-order valence-electron chi connectivity index (χ3n) is 3.63. The van der Waals surface area contributed by atoms with Gasteiger partial charge in [-0.25, -0.2) is 0 Å². The number of hydrogen-bond acceptors (Lipinski definition) is 3. The van der Waals surface area contributed by atoms with Crippen molar-refractivity contribution in [1.29, 1.82) is 0 Å². The van der Waals surface area contributed by atoms with Crippen LogP contribution in [-0.2, 0) is 22.5 Å². The maximum absolute atomic E-state index is 12.1. The standard InChI is InChI=1S/C16H22N2O2/c1-4-18-16-8-6-5-7-14(16)15(17-18)11-13(19)10-9-12(2)20-3/h5-8,12H,4,9-11H2,1-3H3. The predicted octanol–water partition coefficient (Wildman–Crippen LogP) is 2.98. The van der Waals surface area contributed by atoms with Gasteiger partial charge < -0.3 is 4.74 Å². The molecule has 1 aromatic heterocycles. The molecule has 4 nitrogen and oxygen atoms in total. The number of methoxy groups -OCH3 is 1. The van der Waals surface area contributed by atoms with E-state index in [-0.39, 0.29) is 11.9 Å². The van der Waals surface area contributed by atoms with Crippen LogP contribution in [0.2, 0.25) is 0 Å². The molecule has 0 bridgehead atoms. The number of aromatic nitrogens is 2. The summed E-state index contributed by atoms with van der Waals surface area (Å²) < 4.78 is 7.12. The molecule has 0 radical (unpaired) electrons. The second kappa shape index (κ2) is 6.66. The van der Waals surface area contributed by atoms with E-state index in [0.717, 1.165) is 29.6 Å². The Kier molecular flexibility index (Phi) is 4.90. The van der Waals surface area contributed by atoms with Gasteiger partial charge in [-0.3, -0.25) is 9.48 Å². The topological polar surface area (TPSA) is 44.1 Å². The smallest absolute Gasteiger partial charge is 0.139 e. The number of rotatable bonds is 7. The van der Waals surface area contributed by atoms with E-state index in [2.05, 4.69) is 12.0 Å². The van der Waals surface area contributed by atoms with Crippen LogP contribution in [0.4, 0.5) is 0 Å². The molecule has 4 heteroatoms. The number of carbonyl (C=O) groups excluding carboxylic acids is 1. The Balaban J connectivity index is 2.11. The molecule has 1 aromatic carbocycles. The molecule has 0 spiro atoms. The number of fused-ring (bicyclic) bond motifs is 1. The number of aryl methyl sites for hydroxylation is 1. The van der Waals surface area contributed by atoms with E-state index >= 15 is 0 Å². The molecule has 0 aliphatic heterocycles. The lowest BCUT2D eigenvalue weighted by Crippen LogP contribution is -2.10. The number of ether oxygens (including phenoxy) is 1. The molecule has 1 heterocycles. The van der Waals surface area contributed by atoms with Crippen LogP contribution in [0.1, 0.15) is 32.4 Å². The highest BCUT2D eigenvalue weighted by Gasteiger charge is 2.13. The lowest BCUT2D eigenvalue weighted by Gasteiger charge is -2.07. The Labute approximate surface area is 119 Å². The second-order valence-electron chi connectivity index (χ2n) is 5.08. The van der Waals surface area contributed by atoms with Crippen molar-refractivity contribution >= 4 is 16.7 Å². The minimum atomic E-state index is 0.129. The van der Waals surface area contributed by atoms with Gasteiger partial charge in [0.1, 0.15) is 5.78 Å². The molecule has 1 atom stereocenters. The molecule has 20 heavy (non-hydrogen) atoms. The third-order valence-corrected chi connectivity index (χ3v) is 3.63. The Morgan fingerprint density at radius 3 is 2.85 bits per heavy atom. The molecule has 2 aromatic rings. The van der Waals surface area contributed by atoms with Gasteiger partial charge in [0, 0.05) is 25.5 Å². The molecule has 0 aliphatic carbocycles. The minimum Gasteiger partial charge on any atom is -0.382 e. The van der Waals surface area contributed by atoms with E-state index in [0.29, 0.717) is 12.8 Å². The Bertz CT molecular complexity index is 589. The molecule has 0 N–H and O–H groups in total. The van der Waals surface area contributed by atoms with Crippen molar-refractivity contribution in [1.82, 2.24) is 9.78 Å². The molecule has 0 aliphatic rings. The van der Waals surface area contributed by atoms with Crippen LogP contribution in [0.3, 0.4) is 0 Å². The van der Waals surface area contributed by atoms with Crippen LogP contribution < -0.4 is 0 Å². The van der Waals surface area contributed by atoms with E-state index in [4.69, 9.17) is 4.74 Å². The van der Waals surface area contributed by atoms with Gasteiger partial charge in [0.2, 0.25) is 0 Å². The van der Waals surface area contributed by atoms with Crippen molar-refractivity contribution in [2.24, 2.45) is 0 Å². The number of carbonyl (C=O) groups is 1. The summed E-state index contributed by atoms with van der Waals surface area (Å²) in [7, 11) is 1.67. The van der Waals surface area contributed by atoms with Crippen molar-refractivity contribution < 1.29 is 9.53 Å². The monoisotopic (exact) mass is 274 g/mol. The van der Waals surface area contributed by atoms with Gasteiger partial charge in [0.15, 0.2) is 0 Å². The zero-order chi connectivity index (χ0) is 14.5. The Morgan fingerprint density at radius 1 is 1.40 bits per heavy atom. The predicted molar refractivity (Wildman–Crippen MR) is 79.8 cm³/mol. The maximum atomic E-state index is 12.1. The summed E-state index contributed by atoms with van der Waals surface area (Å²) in [6.07, 6.45) is 1.84. The van der Waals surface area contributed by atoms with E-state index in [1.165, 1.54) is 0 Å². The van der Waals surface area contributed by atoms with Crippen LogP contribution in [0.15, 0.2) is 24.3 Å². The first-order valence-corrected chi connectivity index (χ1v) is 7.14. The Hall–Kier alpha value is -1.68. The SMILES string of the molecule is CCn1nc(CC(=O)CCC(C)OC)c2ccccc21. The van der Waals surface area contributed by atoms with E-state index in [1.54, 1.807) is 7.11 Å². The number of ketones is 1. The fraction of sp³-hybridized carbons (Fsp3) is 0.500. The molecule has 1 unspecified atom stereocenters. The van der Waals surface area contributed by atoms with Crippen LogP contribution in [0, 0.1) is 0 Å². The third kappa shape index (κ3) is 3.25. The number of para-hydroxylation sites is 1. The summed E-state index contributed by atoms with van der Waals surface area (Å²) in [5, 5.41) is 5.65. The van der Waals surface area contributed by atoms with Gasteiger partial charge in [-0.1, -0.05) is 18.2 Å². The fourth-order valence-electron chi connectivity index (χ4n) is 2.33. The highest BCUT2D eigenvalue weighted by molar-refractivity contribution is 5.88. The Morgan fingerprint density at radius 2 is 2.15 bits per heavy atom. The van der Waals surface area contributed by atoms with Gasteiger partial charge >= 0.3 is 0 Å². The highest BCUT2D eigenvalue weighted by atomic mass is 16.5. The van der Waals surface area contributed by atoms with Crippen molar-refractivity contribution in [3.8, 4) is 0 Å². The van der Waals surface area contributed by atoms with Gasteiger partial charge in [-0.05, 0) is 26.3 Å². The molecule has 0 fully saturated rings. The summed E-state index contributed by atoms with van der Waals surface area (Å²) in [6.45, 7) is 4.86. The van der Waals surface area contributed by atoms with Crippen molar-refractivity contribution in [2.45, 2.75) is 45.8 Å². The highest BCUT2D eigenvalue weighted by Crippen LogP contribution is 2.19. The first kappa shape index (κ1) is 14.7. The second-order valence-corrected chi connectivity index (χ2v) is 5.08. The van der Waals surface area contributed by atoms with Gasteiger partial charge in [0.05, 0.1) is 23.7 Å². The molecule has 2 rings (SSSR count). The quantitative estimate of drug-likeness (QED) is 0.779. The van der Waals surface area contributed by atoms with Gasteiger partial charge in [-0.2, -0.15) is 5.10 Å². The van der Waals surface area contributed by atoms with Crippen LogP contribution in [0.25, 0.3) is 10.9 Å². The van der Waals surface area contributed by atoms with E-state index in [9.17, 15) is 4.79 Å². The lowest BCUT2D eigenvalue weighted by molar-refractivity contribution is -0.119. The van der Waals surface area contributed by atoms with E-state index < -0.39 is 0 Å². The summed E-state index contributed by atoms with van der Waals surface area (Å²) in [5.41, 5.74) is 1.99. The summed E-state index contributed by atoms with van der Waals surface area (Å²) in [4.78, 5) is 12.1. The first-order chi connectivity index (χ1) is 9.65. The molecular formula is C16H22N2O2. The maximum Gasteiger partial charge on any atom is 0.139 e. The van der Waals surface area contributed by atoms with E-state index in [1.807, 2.05) is 35.9 Å². The van der Waals surface area contributed by atoms with Crippen LogP contribution >= 0.6 is 0 Å². The normalized spacial score (nSPS) is 12.8. The zero-order valence-corrected chi connectivity index (χ0v) is 12.4. The van der Waals surface area contributed by atoms with Crippen molar-refractivity contribution in [3.05, 3.63) is 30.0 Å². The molecule has 0 saturated heterocycles. The van der Waals surface area contributed by atoms with Crippen LogP contribution in [0.5, 0.6) is 0 Å². The summed E-state index contributed by atoms with van der Waals surface area (Å²) in [6, 6.07) is 8.08. The number of benzene rings is 1. The summed E-state index contributed by atoms with van der Waals surface area (Å²) in [5.74, 6) is 0.223. The average molecular weight is 274 g/mol. The average Bonchev–Trinajstić information content (AvgIpc) is 2.83. The fourth-order valence-corrected chi connectivity index (χ4v) is 2.33. The first-order valence-electron chi connectivity index (χ1n) is 7.14. The van der Waals surface area contributed by atoms with Gasteiger partial charge in [0.25, 0.3) is 0 Å². The lowest BCUT2D eigenvalue weighted by atomic mass is 10.1.